The Morgan fingerprint density at radius 1 is 0.414 bits per heavy atom. The lowest BCUT2D eigenvalue weighted by Crippen LogP contribution is -2.33. The minimum absolute atomic E-state index is 0.833. The molecule has 0 aromatic carbocycles. The standard InChI is InChI=1S/C8H11N.C7H10N2.C6H9N3.4C6H8N2.C6H7NO.C6H8NS.9C4H10/c1-2-4-8-7(3-1)5-6-9-8;1-2-5-9-6-4-8-7(9)3-1;1-2-4-9-5-7-8-6(9)3-1;2*1-2-6-3-4-7-8(6)5-1;1-2-6-7-3-5-8(6)4-1;1-2-6-4-7-5-8(6)3-1;1-2-5-4-7-8-6(5)3-1;1-2-6-7(3-1)4-5-8-6;9*1-4(2)3/h5-6,9H,1-4H2;4,6H,1-3,5H2;5H,1-4H2;2*3-4H,1-2,5H2;3,5H,1-2,4H2;4-5H,1-3H2;4H,1-3H2;4-5H,1-3H2;9*4H,1-3H3/q;;;;;;;;+1;;;;;;;;;/p+1. The van der Waals surface area contributed by atoms with E-state index in [9.17, 15) is 0 Å². The lowest BCUT2D eigenvalue weighted by molar-refractivity contribution is -0.744. The molecule has 0 saturated carbocycles. The Labute approximate surface area is 683 Å². The van der Waals surface area contributed by atoms with Crippen LogP contribution in [-0.4, -0.2) is 68.4 Å². The average Bonchev–Trinajstić information content (AvgIpc) is 1.75. The molecule has 0 amide bonds. The van der Waals surface area contributed by atoms with Crippen LogP contribution in [0.3, 0.4) is 0 Å². The van der Waals surface area contributed by atoms with Crippen LogP contribution in [0, 0.1) is 53.3 Å². The quantitative estimate of drug-likeness (QED) is 0.142. The second-order valence-corrected chi connectivity index (χ2v) is 37.0. The molecule has 0 radical (unpaired) electrons. The predicted octanol–water partition coefficient (Wildman–Crippen LogP) is 23.6. The zero-order valence-corrected chi connectivity index (χ0v) is 77.0. The van der Waals surface area contributed by atoms with E-state index in [4.69, 9.17) is 4.52 Å². The first-order valence-electron chi connectivity index (χ1n) is 43.7. The van der Waals surface area contributed by atoms with E-state index in [1.54, 1.807) is 10.6 Å². The van der Waals surface area contributed by atoms with Crippen molar-refractivity contribution in [2.75, 3.05) is 0 Å². The molecular formula is C93H168N16OS+2. The molecule has 2 N–H and O–H groups in total. The van der Waals surface area contributed by atoms with Gasteiger partial charge < -0.3 is 27.8 Å². The molecule has 18 heteroatoms. The van der Waals surface area contributed by atoms with Crippen LogP contribution in [0.15, 0.2) is 103 Å². The summed E-state index contributed by atoms with van der Waals surface area (Å²) in [6.07, 6.45) is 52.4. The lowest BCUT2D eigenvalue weighted by atomic mass is 9.98. The van der Waals surface area contributed by atoms with Crippen LogP contribution >= 0.6 is 11.3 Å². The largest absolute Gasteiger partial charge is 0.365 e. The Hall–Kier alpha value is -6.69. The zero-order valence-electron chi connectivity index (χ0n) is 76.2. The van der Waals surface area contributed by atoms with E-state index in [1.165, 1.54) is 208 Å². The molecule has 0 spiro atoms. The first kappa shape index (κ1) is 102. The van der Waals surface area contributed by atoms with Crippen LogP contribution in [0.25, 0.3) is 0 Å². The highest BCUT2D eigenvalue weighted by Gasteiger charge is 2.20. The maximum atomic E-state index is 4.93. The van der Waals surface area contributed by atoms with Crippen molar-refractivity contribution in [3.8, 4) is 0 Å². The second kappa shape index (κ2) is 62.7. The number of aromatic nitrogens is 16. The van der Waals surface area contributed by atoms with Gasteiger partial charge in [0, 0.05) is 156 Å². The summed E-state index contributed by atoms with van der Waals surface area (Å²) in [6.45, 7) is 66.7. The number of nitrogens with zero attached hydrogens (tertiary/aromatic N) is 14. The van der Waals surface area contributed by atoms with E-state index >= 15 is 0 Å². The average molecular weight is 1560 g/mol. The van der Waals surface area contributed by atoms with E-state index < -0.39 is 0 Å². The fraction of sp³-hybridized carbons (Fsp3) is 0.710. The van der Waals surface area contributed by atoms with Crippen LogP contribution in [-0.2, 0) is 116 Å². The van der Waals surface area contributed by atoms with Gasteiger partial charge in [0.1, 0.15) is 36.1 Å². The summed E-state index contributed by atoms with van der Waals surface area (Å²) < 4.78 is 20.3. The normalized spacial score (nSPS) is 14.3. The predicted molar refractivity (Wildman–Crippen MR) is 472 cm³/mol. The molecule has 17 nitrogen and oxygen atoms in total. The number of imidazole rings is 3. The third-order valence-electron chi connectivity index (χ3n) is 15.3. The number of fused-ring (bicyclic) bond motifs is 9. The molecule has 0 fully saturated rings. The summed E-state index contributed by atoms with van der Waals surface area (Å²) in [5.74, 6) is 12.3. The lowest BCUT2D eigenvalue weighted by Gasteiger charge is -2.11. The number of hydrogen-bond donors (Lipinski definition) is 2. The Bertz CT molecular complexity index is 2790. The minimum Gasteiger partial charge on any atom is -0.365 e. The summed E-state index contributed by atoms with van der Waals surface area (Å²) in [4.78, 5) is 15.6. The highest BCUT2D eigenvalue weighted by Crippen LogP contribution is 2.21. The topological polar surface area (TPSA) is 167 Å². The van der Waals surface area contributed by atoms with E-state index in [-0.39, 0.29) is 0 Å². The van der Waals surface area contributed by atoms with Gasteiger partial charge in [-0.1, -0.05) is 203 Å². The molecule has 9 aromatic heterocycles. The van der Waals surface area contributed by atoms with E-state index in [0.717, 1.165) is 90.8 Å². The van der Waals surface area contributed by atoms with Crippen molar-refractivity contribution in [2.24, 2.45) is 53.3 Å². The molecule has 0 atom stereocenters. The van der Waals surface area contributed by atoms with Gasteiger partial charge in [0.25, 0.3) is 0 Å². The van der Waals surface area contributed by atoms with E-state index in [0.29, 0.717) is 0 Å². The number of aryl methyl sites for hydroxylation is 18. The minimum atomic E-state index is 0.833. The zero-order chi connectivity index (χ0) is 82.9. The fourth-order valence-corrected chi connectivity index (χ4v) is 12.1. The maximum Gasteiger partial charge on any atom is 0.237 e. The molecule has 111 heavy (non-hydrogen) atoms. The van der Waals surface area contributed by atoms with Gasteiger partial charge in [-0.25, -0.2) is 15.0 Å². The monoisotopic (exact) mass is 1560 g/mol. The third-order valence-corrected chi connectivity index (χ3v) is 16.3. The first-order chi connectivity index (χ1) is 52.8. The highest BCUT2D eigenvalue weighted by molar-refractivity contribution is 7.09. The van der Waals surface area contributed by atoms with Crippen molar-refractivity contribution in [1.29, 1.82) is 0 Å². The number of thiazole rings is 1. The summed E-state index contributed by atoms with van der Waals surface area (Å²) in [5, 5.41) is 22.4. The summed E-state index contributed by atoms with van der Waals surface area (Å²) >= 11 is 1.87. The van der Waals surface area contributed by atoms with Crippen molar-refractivity contribution < 1.29 is 13.8 Å². The molecule has 2 aliphatic carbocycles. The third kappa shape index (κ3) is 53.9. The number of rotatable bonds is 0. The summed E-state index contributed by atoms with van der Waals surface area (Å²) in [5.41, 5.74) is 8.56. The number of nitrogens with one attached hydrogen (secondary N) is 2. The van der Waals surface area contributed by atoms with Gasteiger partial charge in [-0.05, 0) is 167 Å². The molecule has 18 rings (SSSR count). The smallest absolute Gasteiger partial charge is 0.237 e. The van der Waals surface area contributed by atoms with Gasteiger partial charge in [0.05, 0.1) is 24.1 Å². The number of aromatic amines is 2. The van der Waals surface area contributed by atoms with Crippen molar-refractivity contribution in [2.45, 2.75) is 380 Å². The van der Waals surface area contributed by atoms with Gasteiger partial charge in [0.2, 0.25) is 10.7 Å². The van der Waals surface area contributed by atoms with Crippen LogP contribution in [0.4, 0.5) is 0 Å². The molecule has 0 saturated heterocycles. The molecule has 7 aliphatic heterocycles. The van der Waals surface area contributed by atoms with Crippen molar-refractivity contribution >= 4 is 11.3 Å². The summed E-state index contributed by atoms with van der Waals surface area (Å²) in [7, 11) is 0. The van der Waals surface area contributed by atoms with Gasteiger partial charge in [-0.15, -0.1) is 14.9 Å². The highest BCUT2D eigenvalue weighted by atomic mass is 32.1. The molecule has 9 aliphatic rings. The van der Waals surface area contributed by atoms with E-state index in [2.05, 4.69) is 307 Å². The van der Waals surface area contributed by atoms with Crippen molar-refractivity contribution in [1.82, 2.24) is 68.4 Å². The molecule has 0 bridgehead atoms. The maximum absolute atomic E-state index is 4.93. The van der Waals surface area contributed by atoms with Crippen LogP contribution in [0.1, 0.15) is 326 Å². The Kier molecular flexibility index (Phi) is 57.8. The van der Waals surface area contributed by atoms with Crippen LogP contribution < -0.4 is 9.25 Å². The number of H-pyrrole nitrogens is 2. The molecule has 630 valence electrons. The Morgan fingerprint density at radius 2 is 0.919 bits per heavy atom. The van der Waals surface area contributed by atoms with Gasteiger partial charge in [-0.3, -0.25) is 4.68 Å². The van der Waals surface area contributed by atoms with Gasteiger partial charge >= 0.3 is 0 Å². The van der Waals surface area contributed by atoms with Crippen LogP contribution in [0.2, 0.25) is 0 Å². The second-order valence-electron chi connectivity index (χ2n) is 36.1. The fourth-order valence-electron chi connectivity index (χ4n) is 11.1. The van der Waals surface area contributed by atoms with Gasteiger partial charge in [-0.2, -0.15) is 14.8 Å². The van der Waals surface area contributed by atoms with Crippen molar-refractivity contribution in [3.05, 3.63) is 160 Å². The SMILES string of the molecule is CC(C)C.CC(C)C.CC(C)C.CC(C)C.CC(C)C.CC(C)C.CC(C)C.CC(C)C.CC(C)C.c1c[n+]2c(s1)CCC2.c1cc2[n+]([nH]1)CCC2.c1cc2c([nH]1)CCCC2.c1cc2n(n1)CCC2.c1cn2c(n1)CCC2.c1cn2c(n1)CCCC2.c1ncn2c1CCC2.c1nnc2n1CCCC2.c1noc2c1CCC2. The molecule has 16 heterocycles. The van der Waals surface area contributed by atoms with Crippen molar-refractivity contribution in [3.63, 3.8) is 0 Å². The van der Waals surface area contributed by atoms with Crippen LogP contribution in [0.5, 0.6) is 0 Å². The Balaban J connectivity index is 0.000000594. The number of hydrogen-bond acceptors (Lipinski definition) is 9. The Morgan fingerprint density at radius 3 is 1.46 bits per heavy atom. The molecule has 9 aromatic rings. The summed E-state index contributed by atoms with van der Waals surface area (Å²) in [6, 6.07) is 6.44. The molecular weight excluding hydrogens is 1390 g/mol. The van der Waals surface area contributed by atoms with Gasteiger partial charge in [0.15, 0.2) is 12.7 Å². The molecule has 0 unspecified atom stereocenters. The van der Waals surface area contributed by atoms with E-state index in [1.807, 2.05) is 67.4 Å². The first-order valence-corrected chi connectivity index (χ1v) is 44.6.